The van der Waals surface area contributed by atoms with Crippen LogP contribution in [0.4, 0.5) is 0 Å². The smallest absolute Gasteiger partial charge is 0.820 e. The van der Waals surface area contributed by atoms with Crippen LogP contribution in [-0.2, 0) is 19.5 Å². The molecule has 0 atom stereocenters. The Morgan fingerprint density at radius 3 is 1.33 bits per heavy atom. The van der Waals surface area contributed by atoms with Crippen LogP contribution in [0.2, 0.25) is 0 Å². The molecule has 0 aromatic rings. The Kier molecular flexibility index (Phi) is 24.5. The molecular weight excluding hydrogens is 160 g/mol. The number of hydrogen-bond donors (Lipinski definition) is 1. The normalized spacial score (nSPS) is 6.00. The predicted molar refractivity (Wildman–Crippen MR) is 12.8 cm³/mol. The fourth-order valence-electron chi connectivity index (χ4n) is 0. The van der Waals surface area contributed by atoms with Gasteiger partial charge in [0.2, 0.25) is 0 Å². The summed E-state index contributed by atoms with van der Waals surface area (Å²) in [4.78, 5) is 24.2. The minimum atomic E-state index is -3.12. The van der Waals surface area contributed by atoms with Crippen molar-refractivity contribution in [3.8, 4) is 0 Å². The van der Waals surface area contributed by atoms with Gasteiger partial charge in [0.05, 0.1) is 0 Å². The van der Waals surface area contributed by atoms with Crippen molar-refractivity contribution in [3.05, 3.63) is 0 Å². The standard InChI is InChI=1S/HO3P.H2O.Zn/c1-4(2)3;;/h1H;1H2;/q-2;;+2. The number of rotatable bonds is 0. The molecule has 0 fully saturated rings. The molecule has 0 amide bonds. The predicted octanol–water partition coefficient (Wildman–Crippen LogP) is -2.90. The Hall–Kier alpha value is 0.893. The van der Waals surface area contributed by atoms with Gasteiger partial charge in [-0.05, 0) is 0 Å². The maximum absolute atomic E-state index is 8.59. The van der Waals surface area contributed by atoms with Crippen molar-refractivity contribution in [1.82, 2.24) is 0 Å². The van der Waals surface area contributed by atoms with Crippen LogP contribution in [0.1, 0.15) is 0 Å². The van der Waals surface area contributed by atoms with E-state index in [0.717, 1.165) is 0 Å². The zero-order valence-electron chi connectivity index (χ0n) is 2.92. The van der Waals surface area contributed by atoms with E-state index in [4.69, 9.17) is 14.7 Å². The summed E-state index contributed by atoms with van der Waals surface area (Å²) < 4.78 is 0. The zero-order chi connectivity index (χ0) is 3.58. The van der Waals surface area contributed by atoms with Crippen molar-refractivity contribution >= 4 is 8.60 Å². The molecule has 0 aliphatic carbocycles. The van der Waals surface area contributed by atoms with E-state index >= 15 is 0 Å². The summed E-state index contributed by atoms with van der Waals surface area (Å²) in [6.07, 6.45) is 0. The summed E-state index contributed by atoms with van der Waals surface area (Å²) in [5.74, 6) is 0. The SMILES string of the molecule is O.[O-]P([O-])O.[Zn+2]. The molecule has 34 valence electrons. The van der Waals surface area contributed by atoms with E-state index in [9.17, 15) is 0 Å². The quantitative estimate of drug-likeness (QED) is 0.306. The van der Waals surface area contributed by atoms with E-state index in [1.807, 2.05) is 0 Å². The monoisotopic (exact) mass is 162 g/mol. The topological polar surface area (TPSA) is 97.9 Å². The van der Waals surface area contributed by atoms with Gasteiger partial charge in [0.15, 0.2) is 0 Å². The molecule has 0 saturated heterocycles. The second kappa shape index (κ2) is 9.31. The molecule has 6 heteroatoms. The first-order chi connectivity index (χ1) is 1.73. The van der Waals surface area contributed by atoms with E-state index in [2.05, 4.69) is 0 Å². The van der Waals surface area contributed by atoms with Crippen molar-refractivity contribution in [2.24, 2.45) is 0 Å². The molecule has 0 heterocycles. The van der Waals surface area contributed by atoms with Crippen LogP contribution in [0.5, 0.6) is 0 Å². The molecule has 0 rings (SSSR count). The maximum atomic E-state index is 8.59. The molecule has 4 nitrogen and oxygen atoms in total. The van der Waals surface area contributed by atoms with Gasteiger partial charge in [0.25, 0.3) is 0 Å². The molecule has 6 heavy (non-hydrogen) atoms. The summed E-state index contributed by atoms with van der Waals surface area (Å²) in [5, 5.41) is 0. The summed E-state index contributed by atoms with van der Waals surface area (Å²) in [5.41, 5.74) is 0. The Morgan fingerprint density at radius 1 is 1.33 bits per heavy atom. The summed E-state index contributed by atoms with van der Waals surface area (Å²) >= 11 is 0. The average molecular weight is 163 g/mol. The van der Waals surface area contributed by atoms with Gasteiger partial charge in [-0.15, -0.1) is 0 Å². The van der Waals surface area contributed by atoms with Gasteiger partial charge >= 0.3 is 19.5 Å². The second-order valence-corrected chi connectivity index (χ2v) is 0.714. The molecule has 0 saturated carbocycles. The first-order valence-corrected chi connectivity index (χ1v) is 1.70. The summed E-state index contributed by atoms with van der Waals surface area (Å²) in [6.45, 7) is 0. The van der Waals surface area contributed by atoms with Crippen molar-refractivity contribution in [3.63, 3.8) is 0 Å². The third-order valence-corrected chi connectivity index (χ3v) is 0. The van der Waals surface area contributed by atoms with Crippen LogP contribution >= 0.6 is 8.60 Å². The van der Waals surface area contributed by atoms with Crippen LogP contribution in [0, 0.1) is 0 Å². The van der Waals surface area contributed by atoms with Crippen molar-refractivity contribution in [2.45, 2.75) is 0 Å². The van der Waals surface area contributed by atoms with Crippen LogP contribution in [-0.4, -0.2) is 10.4 Å². The molecular formula is H3O4PZn. The summed E-state index contributed by atoms with van der Waals surface area (Å²) in [7, 11) is -3.12. The van der Waals surface area contributed by atoms with E-state index in [1.165, 1.54) is 0 Å². The maximum Gasteiger partial charge on any atom is 2.00 e. The summed E-state index contributed by atoms with van der Waals surface area (Å²) in [6, 6.07) is 0. The molecule has 3 N–H and O–H groups in total. The molecule has 0 aliphatic heterocycles. The van der Waals surface area contributed by atoms with Gasteiger partial charge in [0.1, 0.15) is 0 Å². The largest absolute Gasteiger partial charge is 2.00 e. The van der Waals surface area contributed by atoms with Gasteiger partial charge in [0, 0.05) is 0 Å². The van der Waals surface area contributed by atoms with Gasteiger partial charge in [-0.3, -0.25) is 0 Å². The fraction of sp³-hybridized carbons (Fsp3) is 0. The minimum absolute atomic E-state index is 0. The Labute approximate surface area is 48.9 Å². The Morgan fingerprint density at radius 2 is 1.33 bits per heavy atom. The van der Waals surface area contributed by atoms with Gasteiger partial charge in [-0.2, -0.15) is 8.60 Å². The van der Waals surface area contributed by atoms with Crippen LogP contribution in [0.15, 0.2) is 0 Å². The van der Waals surface area contributed by atoms with E-state index < -0.39 is 8.60 Å². The molecule has 0 bridgehead atoms. The zero-order valence-corrected chi connectivity index (χ0v) is 6.78. The second-order valence-electron chi connectivity index (χ2n) is 0.238. The Bertz CT molecular complexity index is 12.3. The fourth-order valence-corrected chi connectivity index (χ4v) is 0. The third-order valence-electron chi connectivity index (χ3n) is 0. The molecule has 0 unspecified atom stereocenters. The van der Waals surface area contributed by atoms with Crippen LogP contribution in [0.25, 0.3) is 0 Å². The van der Waals surface area contributed by atoms with Gasteiger partial charge < -0.3 is 20.2 Å². The minimum Gasteiger partial charge on any atom is -0.820 e. The van der Waals surface area contributed by atoms with Gasteiger partial charge in [-0.25, -0.2) is 0 Å². The Balaban J connectivity index is -0.0000000450. The first kappa shape index (κ1) is 15.8. The van der Waals surface area contributed by atoms with Crippen LogP contribution in [0.3, 0.4) is 0 Å². The van der Waals surface area contributed by atoms with Crippen LogP contribution < -0.4 is 9.79 Å². The van der Waals surface area contributed by atoms with Crippen molar-refractivity contribution < 1.29 is 39.6 Å². The van der Waals surface area contributed by atoms with Gasteiger partial charge in [-0.1, -0.05) is 0 Å². The average Bonchev–Trinajstić information content (AvgIpc) is 0.811. The molecule has 0 aliphatic rings. The molecule has 0 aromatic heterocycles. The molecule has 0 spiro atoms. The molecule has 0 aromatic carbocycles. The van der Waals surface area contributed by atoms with E-state index in [-0.39, 0.29) is 25.0 Å². The van der Waals surface area contributed by atoms with Crippen molar-refractivity contribution in [2.75, 3.05) is 0 Å². The third kappa shape index (κ3) is 92.9. The van der Waals surface area contributed by atoms with E-state index in [1.54, 1.807) is 0 Å². The van der Waals surface area contributed by atoms with Crippen molar-refractivity contribution in [1.29, 1.82) is 0 Å². The molecule has 0 radical (unpaired) electrons. The first-order valence-electron chi connectivity index (χ1n) is 0.565. The van der Waals surface area contributed by atoms with E-state index in [0.29, 0.717) is 0 Å². The number of hydrogen-bond acceptors (Lipinski definition) is 3.